The molecule has 0 unspecified atom stereocenters. The summed E-state index contributed by atoms with van der Waals surface area (Å²) >= 11 is 0. The van der Waals surface area contributed by atoms with Gasteiger partial charge in [0, 0.05) is 38.9 Å². The summed E-state index contributed by atoms with van der Waals surface area (Å²) in [6, 6.07) is 14.4. The van der Waals surface area contributed by atoms with Crippen LogP contribution < -0.4 is 9.21 Å². The van der Waals surface area contributed by atoms with E-state index in [2.05, 4.69) is 43.9 Å². The van der Waals surface area contributed by atoms with Gasteiger partial charge in [0.15, 0.2) is 0 Å². The topological polar surface area (TPSA) is 53.1 Å². The quantitative estimate of drug-likeness (QED) is 0.682. The fraction of sp³-hybridized carbons (Fsp3) is 0.520. The molecule has 174 valence electrons. The third-order valence-corrected chi connectivity index (χ3v) is 8.27. The molecule has 2 aromatic carbocycles. The Labute approximate surface area is 193 Å². The first-order valence-electron chi connectivity index (χ1n) is 11.5. The zero-order valence-electron chi connectivity index (χ0n) is 19.7. The molecular formula is C25H35N3O3S. The first kappa shape index (κ1) is 23.1. The Balaban J connectivity index is 1.52. The second kappa shape index (κ2) is 9.04. The van der Waals surface area contributed by atoms with Gasteiger partial charge in [0.1, 0.15) is 0 Å². The number of rotatable bonds is 5. The highest BCUT2D eigenvalue weighted by molar-refractivity contribution is 7.90. The minimum atomic E-state index is -3.62. The number of fused-ring (bicyclic) bond motifs is 1. The molecule has 32 heavy (non-hydrogen) atoms. The number of hydrogen-bond acceptors (Lipinski definition) is 4. The van der Waals surface area contributed by atoms with Crippen molar-refractivity contribution < 1.29 is 13.2 Å². The monoisotopic (exact) mass is 457 g/mol. The average molecular weight is 458 g/mol. The van der Waals surface area contributed by atoms with Crippen molar-refractivity contribution in [2.24, 2.45) is 0 Å². The summed E-state index contributed by atoms with van der Waals surface area (Å²) in [6.07, 6.45) is 1.73. The molecule has 0 saturated carbocycles. The maximum Gasteiger partial charge on any atom is 0.304 e. The van der Waals surface area contributed by atoms with E-state index in [0.29, 0.717) is 13.1 Å². The molecule has 0 amide bonds. The number of ether oxygens (including phenoxy) is 1. The van der Waals surface area contributed by atoms with E-state index in [-0.39, 0.29) is 5.41 Å². The highest BCUT2D eigenvalue weighted by Gasteiger charge is 2.31. The molecule has 0 aromatic heterocycles. The number of hydrogen-bond donors (Lipinski definition) is 0. The molecule has 2 aliphatic rings. The Bertz CT molecular complexity index is 1040. The normalized spacial score (nSPS) is 17.5. The lowest BCUT2D eigenvalue weighted by Gasteiger charge is -2.35. The Morgan fingerprint density at radius 1 is 1.00 bits per heavy atom. The van der Waals surface area contributed by atoms with Crippen LogP contribution in [0.25, 0.3) is 0 Å². The Morgan fingerprint density at radius 3 is 2.34 bits per heavy atom. The Hall–Kier alpha value is -2.09. The van der Waals surface area contributed by atoms with Gasteiger partial charge in [0.25, 0.3) is 0 Å². The lowest BCUT2D eigenvalue weighted by molar-refractivity contribution is 0.122. The molecule has 1 saturated heterocycles. The smallest absolute Gasteiger partial charge is 0.304 e. The van der Waals surface area contributed by atoms with Crippen LogP contribution >= 0.6 is 0 Å². The highest BCUT2D eigenvalue weighted by Crippen LogP contribution is 2.34. The van der Waals surface area contributed by atoms with Crippen LogP contribution in [0.1, 0.15) is 43.9 Å². The van der Waals surface area contributed by atoms with E-state index in [1.165, 1.54) is 9.87 Å². The van der Waals surface area contributed by atoms with Crippen molar-refractivity contribution in [3.63, 3.8) is 0 Å². The first-order chi connectivity index (χ1) is 15.2. The maximum atomic E-state index is 13.5. The molecule has 1 fully saturated rings. The molecule has 2 heterocycles. The van der Waals surface area contributed by atoms with E-state index in [9.17, 15) is 8.42 Å². The van der Waals surface area contributed by atoms with Gasteiger partial charge in [-0.25, -0.2) is 0 Å². The molecule has 0 spiro atoms. The minimum absolute atomic E-state index is 0.0775. The molecular weight excluding hydrogens is 422 g/mol. The molecule has 0 N–H and O–H groups in total. The average Bonchev–Trinajstić information content (AvgIpc) is 2.78. The fourth-order valence-corrected chi connectivity index (χ4v) is 5.86. The van der Waals surface area contributed by atoms with Gasteiger partial charge >= 0.3 is 10.2 Å². The van der Waals surface area contributed by atoms with E-state index < -0.39 is 10.2 Å². The van der Waals surface area contributed by atoms with Crippen molar-refractivity contribution in [3.8, 4) is 0 Å². The molecule has 4 rings (SSSR count). The van der Waals surface area contributed by atoms with Gasteiger partial charge in [-0.3, -0.25) is 4.31 Å². The van der Waals surface area contributed by atoms with Crippen LogP contribution in [0.4, 0.5) is 11.4 Å². The lowest BCUT2D eigenvalue weighted by atomic mass is 9.87. The van der Waals surface area contributed by atoms with Gasteiger partial charge in [-0.15, -0.1) is 0 Å². The van der Waals surface area contributed by atoms with Crippen LogP contribution in [0, 0.1) is 0 Å². The number of morpholine rings is 1. The summed E-state index contributed by atoms with van der Waals surface area (Å²) in [5.74, 6) is 0. The number of anilines is 2. The van der Waals surface area contributed by atoms with E-state index in [1.54, 1.807) is 11.4 Å². The molecule has 0 aliphatic carbocycles. The highest BCUT2D eigenvalue weighted by atomic mass is 32.2. The second-order valence-corrected chi connectivity index (χ2v) is 11.8. The molecule has 0 atom stereocenters. The van der Waals surface area contributed by atoms with Crippen LogP contribution in [0.2, 0.25) is 0 Å². The maximum absolute atomic E-state index is 13.5. The second-order valence-electron chi connectivity index (χ2n) is 9.80. The van der Waals surface area contributed by atoms with Crippen molar-refractivity contribution in [1.29, 1.82) is 0 Å². The van der Waals surface area contributed by atoms with E-state index >= 15 is 0 Å². The largest absolute Gasteiger partial charge is 0.378 e. The van der Waals surface area contributed by atoms with Crippen molar-refractivity contribution in [2.75, 3.05) is 49.1 Å². The number of nitrogens with zero attached hydrogens (tertiary/aromatic N) is 3. The summed E-state index contributed by atoms with van der Waals surface area (Å²) in [5.41, 5.74) is 5.37. The minimum Gasteiger partial charge on any atom is -0.378 e. The summed E-state index contributed by atoms with van der Waals surface area (Å²) in [5, 5.41) is 0. The summed E-state index contributed by atoms with van der Waals surface area (Å²) in [6.45, 7) is 10.6. The van der Waals surface area contributed by atoms with Gasteiger partial charge in [-0.2, -0.15) is 12.7 Å². The Morgan fingerprint density at radius 2 is 1.69 bits per heavy atom. The predicted octanol–water partition coefficient (Wildman–Crippen LogP) is 3.95. The molecule has 0 bridgehead atoms. The molecule has 2 aromatic rings. The van der Waals surface area contributed by atoms with Crippen LogP contribution in [0.5, 0.6) is 0 Å². The first-order valence-corrected chi connectivity index (χ1v) is 12.8. The van der Waals surface area contributed by atoms with Crippen LogP contribution in [0.15, 0.2) is 42.5 Å². The third kappa shape index (κ3) is 4.80. The number of aryl methyl sites for hydroxylation is 1. The van der Waals surface area contributed by atoms with E-state index in [1.807, 2.05) is 24.3 Å². The Kier molecular flexibility index (Phi) is 6.52. The summed E-state index contributed by atoms with van der Waals surface area (Å²) in [7, 11) is -1.95. The summed E-state index contributed by atoms with van der Waals surface area (Å²) in [4.78, 5) is 2.31. The zero-order valence-corrected chi connectivity index (χ0v) is 20.5. The van der Waals surface area contributed by atoms with Gasteiger partial charge < -0.3 is 9.64 Å². The van der Waals surface area contributed by atoms with Crippen LogP contribution in [-0.2, 0) is 33.3 Å². The lowest BCUT2D eigenvalue weighted by Crippen LogP contribution is -2.44. The fourth-order valence-electron chi connectivity index (χ4n) is 4.42. The van der Waals surface area contributed by atoms with Crippen molar-refractivity contribution in [3.05, 3.63) is 59.2 Å². The van der Waals surface area contributed by atoms with E-state index in [0.717, 1.165) is 61.6 Å². The van der Waals surface area contributed by atoms with Crippen LogP contribution in [0.3, 0.4) is 0 Å². The third-order valence-electron chi connectivity index (χ3n) is 6.41. The molecule has 7 heteroatoms. The van der Waals surface area contributed by atoms with Crippen molar-refractivity contribution in [1.82, 2.24) is 4.31 Å². The van der Waals surface area contributed by atoms with Gasteiger partial charge in [-0.05, 0) is 53.1 Å². The van der Waals surface area contributed by atoms with Crippen molar-refractivity contribution in [2.45, 2.75) is 45.6 Å². The molecule has 2 aliphatic heterocycles. The SMILES string of the molecule is CN(Cc1ccc(C(C)(C)C)cc1)S(=O)(=O)N1CCCc2cc(N3CCOCC3)ccc21. The van der Waals surface area contributed by atoms with Gasteiger partial charge in [0.2, 0.25) is 0 Å². The van der Waals surface area contributed by atoms with Crippen LogP contribution in [-0.4, -0.2) is 52.6 Å². The standard InChI is InChI=1S/C25H35N3O3S/c1-25(2,3)22-9-7-20(8-10-22)19-26(4)32(29,30)28-13-5-6-21-18-23(11-12-24(21)28)27-14-16-31-17-15-27/h7-12,18H,5-6,13-17,19H2,1-4H3. The number of benzene rings is 2. The van der Waals surface area contributed by atoms with E-state index in [4.69, 9.17) is 4.74 Å². The van der Waals surface area contributed by atoms with Crippen molar-refractivity contribution >= 4 is 21.6 Å². The molecule has 6 nitrogen and oxygen atoms in total. The van der Waals surface area contributed by atoms with Gasteiger partial charge in [0.05, 0.1) is 18.9 Å². The zero-order chi connectivity index (χ0) is 22.9. The van der Waals surface area contributed by atoms with Gasteiger partial charge in [-0.1, -0.05) is 45.0 Å². The molecule has 0 radical (unpaired) electrons. The predicted molar refractivity (Wildman–Crippen MR) is 131 cm³/mol. The summed E-state index contributed by atoms with van der Waals surface area (Å²) < 4.78 is 35.5.